The predicted octanol–water partition coefficient (Wildman–Crippen LogP) is 5.54. The summed E-state index contributed by atoms with van der Waals surface area (Å²) >= 11 is 5.14. The van der Waals surface area contributed by atoms with Crippen LogP contribution < -0.4 is 10.1 Å². The van der Waals surface area contributed by atoms with Gasteiger partial charge in [-0.25, -0.2) is 9.97 Å². The SMILES string of the molecule is COc1cc2c(cc1Br)ncn2Cc1ccc2nc(N[C@@H]3c4ccccc4C[C@H]3O)sc2c1. The van der Waals surface area contributed by atoms with Crippen molar-refractivity contribution in [3.8, 4) is 5.75 Å². The highest BCUT2D eigenvalue weighted by atomic mass is 79.9. The first-order chi connectivity index (χ1) is 16.1. The van der Waals surface area contributed by atoms with E-state index in [4.69, 9.17) is 9.72 Å². The van der Waals surface area contributed by atoms with Gasteiger partial charge in [-0.2, -0.15) is 0 Å². The fourth-order valence-corrected chi connectivity index (χ4v) is 6.01. The Hall–Kier alpha value is -2.94. The minimum absolute atomic E-state index is 0.132. The minimum atomic E-state index is -0.448. The van der Waals surface area contributed by atoms with E-state index in [1.807, 2.05) is 30.6 Å². The Labute approximate surface area is 203 Å². The number of imidazole rings is 1. The number of ether oxygens (including phenoxy) is 1. The molecule has 5 aromatic rings. The zero-order chi connectivity index (χ0) is 22.5. The number of halogens is 1. The third kappa shape index (κ3) is 3.68. The summed E-state index contributed by atoms with van der Waals surface area (Å²) < 4.78 is 9.58. The summed E-state index contributed by atoms with van der Waals surface area (Å²) in [6.07, 6.45) is 2.08. The van der Waals surface area contributed by atoms with Gasteiger partial charge in [0.2, 0.25) is 0 Å². The van der Waals surface area contributed by atoms with Gasteiger partial charge in [0.25, 0.3) is 0 Å². The molecule has 2 heterocycles. The Kier molecular flexibility index (Phi) is 5.09. The number of nitrogens with one attached hydrogen (secondary N) is 1. The van der Waals surface area contributed by atoms with E-state index in [0.29, 0.717) is 13.0 Å². The van der Waals surface area contributed by atoms with Gasteiger partial charge in [0.05, 0.1) is 51.3 Å². The smallest absolute Gasteiger partial charge is 0.184 e. The highest BCUT2D eigenvalue weighted by molar-refractivity contribution is 9.10. The number of anilines is 1. The number of rotatable bonds is 5. The van der Waals surface area contributed by atoms with Crippen LogP contribution in [0.15, 0.2) is 65.4 Å². The van der Waals surface area contributed by atoms with Crippen molar-refractivity contribution in [2.24, 2.45) is 0 Å². The standard InChI is InChI=1S/C25H21BrN4O2S/c1-32-22-11-20-19(10-17(22)26)27-13-30(20)12-14-6-7-18-23(8-14)33-25(28-18)29-24-16-5-3-2-4-15(16)9-21(24)31/h2-8,10-11,13,21,24,31H,9,12H2,1H3,(H,28,29)/t21-,24-/m1/s1. The van der Waals surface area contributed by atoms with Gasteiger partial charge in [-0.3, -0.25) is 0 Å². The van der Waals surface area contributed by atoms with Crippen LogP contribution in [0, 0.1) is 0 Å². The van der Waals surface area contributed by atoms with Gasteiger partial charge < -0.3 is 19.7 Å². The van der Waals surface area contributed by atoms with Crippen molar-refractivity contribution in [2.45, 2.75) is 25.1 Å². The lowest BCUT2D eigenvalue weighted by Crippen LogP contribution is -2.20. The summed E-state index contributed by atoms with van der Waals surface area (Å²) in [5, 5.41) is 14.9. The predicted molar refractivity (Wildman–Crippen MR) is 135 cm³/mol. The maximum Gasteiger partial charge on any atom is 0.184 e. The molecule has 1 aliphatic carbocycles. The molecule has 0 spiro atoms. The average molecular weight is 521 g/mol. The molecular formula is C25H21BrN4O2S. The van der Waals surface area contributed by atoms with Crippen LogP contribution in [0.2, 0.25) is 0 Å². The molecule has 0 aliphatic heterocycles. The molecule has 0 radical (unpaired) electrons. The van der Waals surface area contributed by atoms with E-state index in [2.05, 4.69) is 61.1 Å². The van der Waals surface area contributed by atoms with E-state index in [1.165, 1.54) is 11.1 Å². The molecule has 1 aliphatic rings. The van der Waals surface area contributed by atoms with Gasteiger partial charge in [-0.15, -0.1) is 0 Å². The molecular weight excluding hydrogens is 500 g/mol. The monoisotopic (exact) mass is 520 g/mol. The summed E-state index contributed by atoms with van der Waals surface area (Å²) in [4.78, 5) is 9.29. The van der Waals surface area contributed by atoms with Crippen LogP contribution in [0.1, 0.15) is 22.7 Å². The van der Waals surface area contributed by atoms with E-state index in [9.17, 15) is 5.11 Å². The zero-order valence-corrected chi connectivity index (χ0v) is 20.2. The van der Waals surface area contributed by atoms with Crippen molar-refractivity contribution in [1.29, 1.82) is 0 Å². The van der Waals surface area contributed by atoms with Gasteiger partial charge in [0.15, 0.2) is 5.13 Å². The average Bonchev–Trinajstić information content (AvgIpc) is 3.48. The van der Waals surface area contributed by atoms with Crippen molar-refractivity contribution in [3.63, 3.8) is 0 Å². The van der Waals surface area contributed by atoms with E-state index in [1.54, 1.807) is 18.4 Å². The van der Waals surface area contributed by atoms with Crippen LogP contribution in [0.3, 0.4) is 0 Å². The first-order valence-corrected chi connectivity index (χ1v) is 12.3. The lowest BCUT2D eigenvalue weighted by Gasteiger charge is -2.16. The van der Waals surface area contributed by atoms with Crippen LogP contribution in [0.25, 0.3) is 21.3 Å². The summed E-state index contributed by atoms with van der Waals surface area (Å²) in [6, 6.07) is 18.4. The second kappa shape index (κ2) is 8.13. The molecule has 166 valence electrons. The molecule has 6 nitrogen and oxygen atoms in total. The lowest BCUT2D eigenvalue weighted by atomic mass is 10.1. The number of aliphatic hydroxyl groups is 1. The molecule has 0 unspecified atom stereocenters. The highest BCUT2D eigenvalue weighted by Gasteiger charge is 2.31. The number of nitrogens with zero attached hydrogens (tertiary/aromatic N) is 3. The van der Waals surface area contributed by atoms with Crippen molar-refractivity contribution in [3.05, 3.63) is 82.1 Å². The molecule has 2 N–H and O–H groups in total. The van der Waals surface area contributed by atoms with Gasteiger partial charge in [-0.05, 0) is 50.8 Å². The van der Waals surface area contributed by atoms with Gasteiger partial charge in [0, 0.05) is 19.0 Å². The van der Waals surface area contributed by atoms with E-state index < -0.39 is 6.10 Å². The molecule has 8 heteroatoms. The minimum Gasteiger partial charge on any atom is -0.495 e. The van der Waals surface area contributed by atoms with Gasteiger partial charge >= 0.3 is 0 Å². The van der Waals surface area contributed by atoms with Crippen LogP contribution in [-0.4, -0.2) is 32.9 Å². The second-order valence-corrected chi connectivity index (χ2v) is 10.1. The number of hydrogen-bond acceptors (Lipinski definition) is 6. The van der Waals surface area contributed by atoms with Crippen molar-refractivity contribution in [1.82, 2.24) is 14.5 Å². The lowest BCUT2D eigenvalue weighted by molar-refractivity contribution is 0.166. The third-order valence-electron chi connectivity index (χ3n) is 6.18. The van der Waals surface area contributed by atoms with E-state index >= 15 is 0 Å². The number of benzene rings is 3. The second-order valence-electron chi connectivity index (χ2n) is 8.26. The molecule has 0 fully saturated rings. The fourth-order valence-electron chi connectivity index (χ4n) is 4.55. The largest absolute Gasteiger partial charge is 0.495 e. The van der Waals surface area contributed by atoms with Gasteiger partial charge in [-0.1, -0.05) is 41.7 Å². The molecule has 2 atom stereocenters. The Bertz CT molecular complexity index is 1490. The maximum atomic E-state index is 10.6. The Morgan fingerprint density at radius 1 is 1.18 bits per heavy atom. The number of methoxy groups -OCH3 is 1. The zero-order valence-electron chi connectivity index (χ0n) is 17.8. The molecule has 0 saturated carbocycles. The number of hydrogen-bond donors (Lipinski definition) is 2. The van der Waals surface area contributed by atoms with Crippen LogP contribution >= 0.6 is 27.3 Å². The summed E-state index contributed by atoms with van der Waals surface area (Å²) in [5.74, 6) is 0.786. The molecule has 3 aromatic carbocycles. The molecule has 0 saturated heterocycles. The van der Waals surface area contributed by atoms with Crippen molar-refractivity contribution < 1.29 is 9.84 Å². The van der Waals surface area contributed by atoms with Gasteiger partial charge in [0.1, 0.15) is 5.75 Å². The van der Waals surface area contributed by atoms with Crippen LogP contribution in [0.4, 0.5) is 5.13 Å². The number of thiazole rings is 1. The normalized spacial score (nSPS) is 17.5. The summed E-state index contributed by atoms with van der Waals surface area (Å²) in [5.41, 5.74) is 6.42. The van der Waals surface area contributed by atoms with Crippen molar-refractivity contribution >= 4 is 53.6 Å². The topological polar surface area (TPSA) is 72.2 Å². The highest BCUT2D eigenvalue weighted by Crippen LogP contribution is 2.37. The van der Waals surface area contributed by atoms with E-state index in [0.717, 1.165) is 42.2 Å². The first kappa shape index (κ1) is 20.7. The molecule has 2 aromatic heterocycles. The van der Waals surface area contributed by atoms with Crippen molar-refractivity contribution in [2.75, 3.05) is 12.4 Å². The Balaban J connectivity index is 1.27. The Morgan fingerprint density at radius 3 is 2.94 bits per heavy atom. The fraction of sp³-hybridized carbons (Fsp3) is 0.200. The molecule has 0 bridgehead atoms. The Morgan fingerprint density at radius 2 is 2.06 bits per heavy atom. The number of fused-ring (bicyclic) bond motifs is 3. The molecule has 33 heavy (non-hydrogen) atoms. The third-order valence-corrected chi connectivity index (χ3v) is 7.75. The van der Waals surface area contributed by atoms with E-state index in [-0.39, 0.29) is 6.04 Å². The number of aromatic nitrogens is 3. The van der Waals surface area contributed by atoms with Crippen LogP contribution in [-0.2, 0) is 13.0 Å². The summed E-state index contributed by atoms with van der Waals surface area (Å²) in [7, 11) is 1.67. The quantitative estimate of drug-likeness (QED) is 0.318. The van der Waals surface area contributed by atoms with Crippen LogP contribution in [0.5, 0.6) is 5.75 Å². The molecule has 0 amide bonds. The molecule has 6 rings (SSSR count). The first-order valence-electron chi connectivity index (χ1n) is 10.7. The maximum absolute atomic E-state index is 10.6. The number of aliphatic hydroxyl groups excluding tert-OH is 1. The summed E-state index contributed by atoms with van der Waals surface area (Å²) in [6.45, 7) is 0.701.